The molecule has 2 unspecified atom stereocenters. The van der Waals surface area contributed by atoms with Gasteiger partial charge in [-0.05, 0) is 25.7 Å². The second-order valence-electron chi connectivity index (χ2n) is 5.88. The van der Waals surface area contributed by atoms with Crippen LogP contribution in [-0.4, -0.2) is 62.0 Å². The van der Waals surface area contributed by atoms with Gasteiger partial charge in [0.05, 0.1) is 11.7 Å². The van der Waals surface area contributed by atoms with Crippen LogP contribution in [0.2, 0.25) is 0 Å². The molecule has 0 amide bonds. The largest absolute Gasteiger partial charge is 0.381 e. The Kier molecular flexibility index (Phi) is 4.04. The van der Waals surface area contributed by atoms with Crippen LogP contribution in [0.15, 0.2) is 0 Å². The first kappa shape index (κ1) is 13.3. The lowest BCUT2D eigenvalue weighted by Crippen LogP contribution is -2.58. The topological polar surface area (TPSA) is 57.5 Å². The van der Waals surface area contributed by atoms with E-state index >= 15 is 0 Å². The highest BCUT2D eigenvalue weighted by Gasteiger charge is 2.42. The van der Waals surface area contributed by atoms with Crippen LogP contribution in [0.3, 0.4) is 0 Å². The standard InChI is InChI=1S/C14H23N3O2/c15-10-13-11-16-4-5-17(13)12-1-6-19-14(9-12)2-7-18-8-3-14/h12-13,16H,1-9,11H2. The number of ether oxygens (including phenoxy) is 2. The van der Waals surface area contributed by atoms with Crippen LogP contribution in [-0.2, 0) is 9.47 Å². The number of hydrogen-bond donors (Lipinski definition) is 1. The molecule has 1 N–H and O–H groups in total. The third-order valence-corrected chi connectivity index (χ3v) is 4.77. The molecule has 0 aliphatic carbocycles. The second-order valence-corrected chi connectivity index (χ2v) is 5.88. The van der Waals surface area contributed by atoms with E-state index in [4.69, 9.17) is 9.47 Å². The third-order valence-electron chi connectivity index (χ3n) is 4.77. The van der Waals surface area contributed by atoms with E-state index in [2.05, 4.69) is 16.3 Å². The molecular weight excluding hydrogens is 242 g/mol. The van der Waals surface area contributed by atoms with Gasteiger partial charge in [0.1, 0.15) is 6.04 Å². The average Bonchev–Trinajstić information content (AvgIpc) is 2.48. The molecule has 0 aromatic carbocycles. The molecule has 106 valence electrons. The SMILES string of the molecule is N#CC1CNCCN1C1CCOC2(CCOCC2)C1. The maximum Gasteiger partial charge on any atom is 0.111 e. The van der Waals surface area contributed by atoms with Gasteiger partial charge in [-0.3, -0.25) is 4.90 Å². The molecule has 0 radical (unpaired) electrons. The Morgan fingerprint density at radius 1 is 1.26 bits per heavy atom. The van der Waals surface area contributed by atoms with Crippen molar-refractivity contribution in [2.75, 3.05) is 39.5 Å². The summed E-state index contributed by atoms with van der Waals surface area (Å²) in [5, 5.41) is 12.6. The number of nitrogens with zero attached hydrogens (tertiary/aromatic N) is 2. The summed E-state index contributed by atoms with van der Waals surface area (Å²) in [4.78, 5) is 2.40. The van der Waals surface area contributed by atoms with Gasteiger partial charge in [0, 0.05) is 45.5 Å². The molecule has 0 saturated carbocycles. The maximum atomic E-state index is 9.31. The minimum atomic E-state index is 0.0199. The van der Waals surface area contributed by atoms with E-state index in [1.165, 1.54) is 0 Å². The van der Waals surface area contributed by atoms with Crippen LogP contribution < -0.4 is 5.32 Å². The fraction of sp³-hybridized carbons (Fsp3) is 0.929. The first-order valence-corrected chi connectivity index (χ1v) is 7.41. The normalized spacial score (nSPS) is 35.9. The van der Waals surface area contributed by atoms with E-state index in [0.717, 1.165) is 65.1 Å². The first-order chi connectivity index (χ1) is 9.33. The van der Waals surface area contributed by atoms with Crippen molar-refractivity contribution in [2.24, 2.45) is 0 Å². The molecular formula is C14H23N3O2. The Balaban J connectivity index is 1.68. The summed E-state index contributed by atoms with van der Waals surface area (Å²) in [5.41, 5.74) is 0.0199. The van der Waals surface area contributed by atoms with Gasteiger partial charge >= 0.3 is 0 Å². The predicted molar refractivity (Wildman–Crippen MR) is 70.7 cm³/mol. The van der Waals surface area contributed by atoms with Gasteiger partial charge in [0.25, 0.3) is 0 Å². The zero-order chi connectivity index (χ0) is 13.1. The number of nitrogens with one attached hydrogen (secondary N) is 1. The molecule has 3 heterocycles. The van der Waals surface area contributed by atoms with Crippen molar-refractivity contribution in [2.45, 2.75) is 43.4 Å². The molecule has 5 heteroatoms. The molecule has 3 fully saturated rings. The minimum absolute atomic E-state index is 0.0199. The molecule has 0 bridgehead atoms. The van der Waals surface area contributed by atoms with E-state index in [1.54, 1.807) is 0 Å². The lowest BCUT2D eigenvalue weighted by atomic mass is 9.83. The van der Waals surface area contributed by atoms with Crippen LogP contribution in [0.1, 0.15) is 25.7 Å². The van der Waals surface area contributed by atoms with Crippen molar-refractivity contribution in [3.63, 3.8) is 0 Å². The Bertz CT molecular complexity index is 344. The van der Waals surface area contributed by atoms with Gasteiger partial charge in [-0.15, -0.1) is 0 Å². The monoisotopic (exact) mass is 265 g/mol. The van der Waals surface area contributed by atoms with E-state index in [0.29, 0.717) is 6.04 Å². The van der Waals surface area contributed by atoms with Crippen LogP contribution >= 0.6 is 0 Å². The number of nitriles is 1. The first-order valence-electron chi connectivity index (χ1n) is 7.41. The van der Waals surface area contributed by atoms with Crippen molar-refractivity contribution < 1.29 is 9.47 Å². The van der Waals surface area contributed by atoms with Crippen LogP contribution in [0, 0.1) is 11.3 Å². The quantitative estimate of drug-likeness (QED) is 0.749. The van der Waals surface area contributed by atoms with Gasteiger partial charge < -0.3 is 14.8 Å². The molecule has 3 saturated heterocycles. The fourth-order valence-corrected chi connectivity index (χ4v) is 3.65. The van der Waals surface area contributed by atoms with Gasteiger partial charge in [-0.2, -0.15) is 5.26 Å². The third kappa shape index (κ3) is 2.77. The van der Waals surface area contributed by atoms with Gasteiger partial charge in [-0.25, -0.2) is 0 Å². The van der Waals surface area contributed by atoms with Crippen molar-refractivity contribution in [1.29, 1.82) is 5.26 Å². The highest BCUT2D eigenvalue weighted by molar-refractivity contribution is 5.01. The predicted octanol–water partition coefficient (Wildman–Crippen LogP) is 0.512. The van der Waals surface area contributed by atoms with Gasteiger partial charge in [0.15, 0.2) is 0 Å². The molecule has 19 heavy (non-hydrogen) atoms. The zero-order valence-electron chi connectivity index (χ0n) is 11.4. The van der Waals surface area contributed by atoms with Gasteiger partial charge in [-0.1, -0.05) is 0 Å². The van der Waals surface area contributed by atoms with Crippen molar-refractivity contribution in [3.05, 3.63) is 0 Å². The number of piperazine rings is 1. The summed E-state index contributed by atoms with van der Waals surface area (Å²) in [7, 11) is 0. The summed E-state index contributed by atoms with van der Waals surface area (Å²) in [6.07, 6.45) is 4.13. The number of rotatable bonds is 1. The Morgan fingerprint density at radius 3 is 2.89 bits per heavy atom. The van der Waals surface area contributed by atoms with E-state index < -0.39 is 0 Å². The molecule has 3 rings (SSSR count). The molecule has 0 aromatic rings. The molecule has 3 aliphatic heterocycles. The molecule has 2 atom stereocenters. The molecule has 0 aromatic heterocycles. The fourth-order valence-electron chi connectivity index (χ4n) is 3.65. The Hall–Kier alpha value is -0.670. The smallest absolute Gasteiger partial charge is 0.111 e. The highest BCUT2D eigenvalue weighted by Crippen LogP contribution is 2.36. The lowest BCUT2D eigenvalue weighted by molar-refractivity contribution is -0.153. The Morgan fingerprint density at radius 2 is 2.11 bits per heavy atom. The highest BCUT2D eigenvalue weighted by atomic mass is 16.5. The second kappa shape index (κ2) is 5.76. The average molecular weight is 265 g/mol. The van der Waals surface area contributed by atoms with E-state index in [-0.39, 0.29) is 11.6 Å². The van der Waals surface area contributed by atoms with E-state index in [9.17, 15) is 5.26 Å². The van der Waals surface area contributed by atoms with E-state index in [1.807, 2.05) is 0 Å². The number of hydrogen-bond acceptors (Lipinski definition) is 5. The zero-order valence-corrected chi connectivity index (χ0v) is 11.4. The van der Waals surface area contributed by atoms with Crippen molar-refractivity contribution in [1.82, 2.24) is 10.2 Å². The molecule has 3 aliphatic rings. The minimum Gasteiger partial charge on any atom is -0.381 e. The summed E-state index contributed by atoms with van der Waals surface area (Å²) >= 11 is 0. The Labute approximate surface area is 114 Å². The van der Waals surface area contributed by atoms with Crippen molar-refractivity contribution in [3.8, 4) is 6.07 Å². The van der Waals surface area contributed by atoms with Crippen LogP contribution in [0.25, 0.3) is 0 Å². The molecule has 1 spiro atoms. The van der Waals surface area contributed by atoms with Gasteiger partial charge in [0.2, 0.25) is 0 Å². The summed E-state index contributed by atoms with van der Waals surface area (Å²) in [6, 6.07) is 2.96. The summed E-state index contributed by atoms with van der Waals surface area (Å²) < 4.78 is 11.6. The van der Waals surface area contributed by atoms with Crippen LogP contribution in [0.5, 0.6) is 0 Å². The maximum absolute atomic E-state index is 9.31. The van der Waals surface area contributed by atoms with Crippen molar-refractivity contribution >= 4 is 0 Å². The molecule has 5 nitrogen and oxygen atoms in total. The lowest BCUT2D eigenvalue weighted by Gasteiger charge is -2.48. The summed E-state index contributed by atoms with van der Waals surface area (Å²) in [6.45, 7) is 5.23. The summed E-state index contributed by atoms with van der Waals surface area (Å²) in [5.74, 6) is 0. The van der Waals surface area contributed by atoms with Crippen LogP contribution in [0.4, 0.5) is 0 Å².